The van der Waals surface area contributed by atoms with E-state index in [-0.39, 0.29) is 17.9 Å². The minimum atomic E-state index is -0.0110. The maximum atomic E-state index is 12.1. The van der Waals surface area contributed by atoms with Crippen LogP contribution in [0.2, 0.25) is 0 Å². The predicted molar refractivity (Wildman–Crippen MR) is 115 cm³/mol. The number of carbonyl (C=O) groups is 2. The van der Waals surface area contributed by atoms with Crippen LogP contribution in [-0.4, -0.2) is 22.8 Å². The van der Waals surface area contributed by atoms with Gasteiger partial charge in [0, 0.05) is 12.8 Å². The standard InChI is InChI=1S/C24H43NO2/c1-3-5-7-9-10-11-12-13-15-17-19-22(18-16-14-8-6-4-2)25-23(26)20-21-24(25)27/h16,18,22H,3-15,17,19-21H2,1-2H3. The lowest BCUT2D eigenvalue weighted by atomic mass is 10.0. The highest BCUT2D eigenvalue weighted by Gasteiger charge is 2.33. The number of nitrogens with zero attached hydrogens (tertiary/aromatic N) is 1. The molecule has 2 amide bonds. The fourth-order valence-electron chi connectivity index (χ4n) is 3.88. The van der Waals surface area contributed by atoms with Crippen molar-refractivity contribution in [1.82, 2.24) is 4.90 Å². The molecular weight excluding hydrogens is 334 g/mol. The first-order valence-corrected chi connectivity index (χ1v) is 11.7. The fraction of sp³-hybridized carbons (Fsp3) is 0.833. The number of imide groups is 1. The number of likely N-dealkylation sites (tertiary alicyclic amines) is 1. The molecule has 1 aliphatic rings. The highest BCUT2D eigenvalue weighted by Crippen LogP contribution is 2.21. The Bertz CT molecular complexity index is 414. The number of carbonyl (C=O) groups excluding carboxylic acids is 2. The molecule has 0 N–H and O–H groups in total. The van der Waals surface area contributed by atoms with Gasteiger partial charge >= 0.3 is 0 Å². The van der Waals surface area contributed by atoms with Gasteiger partial charge in [-0.1, -0.05) is 103 Å². The zero-order chi connectivity index (χ0) is 19.7. The normalized spacial score (nSPS) is 16.0. The minimum absolute atomic E-state index is 0.0110. The molecule has 0 spiro atoms. The van der Waals surface area contributed by atoms with Crippen molar-refractivity contribution in [2.75, 3.05) is 0 Å². The van der Waals surface area contributed by atoms with Gasteiger partial charge in [-0.25, -0.2) is 0 Å². The molecule has 1 unspecified atom stereocenters. The highest BCUT2D eigenvalue weighted by molar-refractivity contribution is 6.02. The summed E-state index contributed by atoms with van der Waals surface area (Å²) in [7, 11) is 0. The Morgan fingerprint density at radius 1 is 0.741 bits per heavy atom. The van der Waals surface area contributed by atoms with Gasteiger partial charge in [0.15, 0.2) is 0 Å². The molecule has 0 aromatic heterocycles. The Hall–Kier alpha value is -1.12. The van der Waals surface area contributed by atoms with Gasteiger partial charge in [-0.2, -0.15) is 0 Å². The summed E-state index contributed by atoms with van der Waals surface area (Å²) < 4.78 is 0. The van der Waals surface area contributed by atoms with Crippen LogP contribution in [0.1, 0.15) is 123 Å². The summed E-state index contributed by atoms with van der Waals surface area (Å²) in [4.78, 5) is 25.8. The van der Waals surface area contributed by atoms with Gasteiger partial charge in [-0.3, -0.25) is 14.5 Å². The van der Waals surface area contributed by atoms with Gasteiger partial charge in [0.1, 0.15) is 0 Å². The third kappa shape index (κ3) is 10.7. The van der Waals surface area contributed by atoms with E-state index in [4.69, 9.17) is 0 Å². The molecule has 1 saturated heterocycles. The SMILES string of the molecule is CCCCCC=CC(CCCCCCCCCCCC)N1C(=O)CCC1=O. The molecule has 1 rings (SSSR count). The summed E-state index contributed by atoms with van der Waals surface area (Å²) in [6.45, 7) is 4.47. The Balaban J connectivity index is 2.26. The maximum absolute atomic E-state index is 12.1. The number of allylic oxidation sites excluding steroid dienone is 1. The molecule has 0 saturated carbocycles. The number of amides is 2. The summed E-state index contributed by atoms with van der Waals surface area (Å²) in [6.07, 6.45) is 23.9. The van der Waals surface area contributed by atoms with Crippen molar-refractivity contribution in [3.63, 3.8) is 0 Å². The van der Waals surface area contributed by atoms with E-state index >= 15 is 0 Å². The number of hydrogen-bond acceptors (Lipinski definition) is 2. The monoisotopic (exact) mass is 377 g/mol. The summed E-state index contributed by atoms with van der Waals surface area (Å²) >= 11 is 0. The van der Waals surface area contributed by atoms with Gasteiger partial charge in [0.05, 0.1) is 6.04 Å². The van der Waals surface area contributed by atoms with Crippen LogP contribution < -0.4 is 0 Å². The van der Waals surface area contributed by atoms with Gasteiger partial charge in [-0.05, 0) is 19.3 Å². The Morgan fingerprint density at radius 3 is 1.78 bits per heavy atom. The van der Waals surface area contributed by atoms with Crippen molar-refractivity contribution in [2.24, 2.45) is 0 Å². The van der Waals surface area contributed by atoms with Crippen molar-refractivity contribution >= 4 is 11.8 Å². The summed E-state index contributed by atoms with van der Waals surface area (Å²) in [5.74, 6) is 0.0468. The van der Waals surface area contributed by atoms with Crippen LogP contribution in [0.15, 0.2) is 12.2 Å². The lowest BCUT2D eigenvalue weighted by molar-refractivity contribution is -0.140. The second-order valence-electron chi connectivity index (χ2n) is 8.12. The molecule has 156 valence electrons. The van der Waals surface area contributed by atoms with E-state index in [1.807, 2.05) is 0 Å². The van der Waals surface area contributed by atoms with Crippen LogP contribution in [0.4, 0.5) is 0 Å². The van der Waals surface area contributed by atoms with Crippen LogP contribution in [0, 0.1) is 0 Å². The summed E-state index contributed by atoms with van der Waals surface area (Å²) in [5.41, 5.74) is 0. The molecule has 0 aromatic rings. The van der Waals surface area contributed by atoms with E-state index in [9.17, 15) is 9.59 Å². The first-order valence-electron chi connectivity index (χ1n) is 11.7. The average molecular weight is 378 g/mol. The third-order valence-electron chi connectivity index (χ3n) is 5.61. The molecule has 3 heteroatoms. The van der Waals surface area contributed by atoms with E-state index in [1.165, 1.54) is 77.0 Å². The number of hydrogen-bond donors (Lipinski definition) is 0. The molecule has 0 aliphatic carbocycles. The van der Waals surface area contributed by atoms with Gasteiger partial charge in [0.2, 0.25) is 11.8 Å². The van der Waals surface area contributed by atoms with Crippen LogP contribution >= 0.6 is 0 Å². The lowest BCUT2D eigenvalue weighted by Crippen LogP contribution is -2.38. The molecule has 0 aromatic carbocycles. The van der Waals surface area contributed by atoms with E-state index in [2.05, 4.69) is 26.0 Å². The van der Waals surface area contributed by atoms with Gasteiger partial charge in [0.25, 0.3) is 0 Å². The molecule has 1 atom stereocenters. The molecule has 1 heterocycles. The number of rotatable bonds is 17. The summed E-state index contributed by atoms with van der Waals surface area (Å²) in [6, 6.07) is -0.0110. The molecule has 1 fully saturated rings. The van der Waals surface area contributed by atoms with Crippen molar-refractivity contribution in [1.29, 1.82) is 0 Å². The minimum Gasteiger partial charge on any atom is -0.276 e. The molecular formula is C24H43NO2. The Labute approximate surface area is 168 Å². The first kappa shape index (κ1) is 23.9. The van der Waals surface area contributed by atoms with Crippen LogP contribution in [0.3, 0.4) is 0 Å². The van der Waals surface area contributed by atoms with Crippen LogP contribution in [0.5, 0.6) is 0 Å². The smallest absolute Gasteiger partial charge is 0.230 e. The van der Waals surface area contributed by atoms with E-state index in [0.717, 1.165) is 19.3 Å². The molecule has 0 radical (unpaired) electrons. The van der Waals surface area contributed by atoms with E-state index in [0.29, 0.717) is 12.8 Å². The molecule has 27 heavy (non-hydrogen) atoms. The van der Waals surface area contributed by atoms with Crippen LogP contribution in [0.25, 0.3) is 0 Å². The van der Waals surface area contributed by atoms with Crippen molar-refractivity contribution in [3.8, 4) is 0 Å². The molecule has 3 nitrogen and oxygen atoms in total. The zero-order valence-corrected chi connectivity index (χ0v) is 18.0. The van der Waals surface area contributed by atoms with Gasteiger partial charge in [-0.15, -0.1) is 0 Å². The molecule has 0 bridgehead atoms. The largest absolute Gasteiger partial charge is 0.276 e. The second kappa shape index (κ2) is 15.9. The van der Waals surface area contributed by atoms with Gasteiger partial charge < -0.3 is 0 Å². The quantitative estimate of drug-likeness (QED) is 0.156. The lowest BCUT2D eigenvalue weighted by Gasteiger charge is -2.23. The maximum Gasteiger partial charge on any atom is 0.230 e. The number of unbranched alkanes of at least 4 members (excludes halogenated alkanes) is 12. The van der Waals surface area contributed by atoms with Crippen molar-refractivity contribution < 1.29 is 9.59 Å². The average Bonchev–Trinajstić information content (AvgIpc) is 3.00. The fourth-order valence-corrected chi connectivity index (χ4v) is 3.88. The van der Waals surface area contributed by atoms with Crippen molar-refractivity contribution in [2.45, 2.75) is 129 Å². The van der Waals surface area contributed by atoms with E-state index in [1.54, 1.807) is 4.90 Å². The zero-order valence-electron chi connectivity index (χ0n) is 18.0. The third-order valence-corrected chi connectivity index (χ3v) is 5.61. The molecule has 1 aliphatic heterocycles. The van der Waals surface area contributed by atoms with Crippen molar-refractivity contribution in [3.05, 3.63) is 12.2 Å². The van der Waals surface area contributed by atoms with Crippen LogP contribution in [-0.2, 0) is 9.59 Å². The highest BCUT2D eigenvalue weighted by atomic mass is 16.2. The summed E-state index contributed by atoms with van der Waals surface area (Å²) in [5, 5.41) is 0. The second-order valence-corrected chi connectivity index (χ2v) is 8.12. The predicted octanol–water partition coefficient (Wildman–Crippen LogP) is 6.95. The topological polar surface area (TPSA) is 37.4 Å². The first-order chi connectivity index (χ1) is 13.2. The van der Waals surface area contributed by atoms with E-state index < -0.39 is 0 Å². The Morgan fingerprint density at radius 2 is 1.22 bits per heavy atom. The Kier molecular flexibility index (Phi) is 14.1.